The predicted molar refractivity (Wildman–Crippen MR) is 113 cm³/mol. The Bertz CT molecular complexity index is 584. The first kappa shape index (κ1) is 22.6. The number of aliphatic hydroxyl groups excluding tert-OH is 1. The van der Waals surface area contributed by atoms with Gasteiger partial charge in [0, 0.05) is 45.8 Å². The van der Waals surface area contributed by atoms with Crippen LogP contribution < -0.4 is 10.2 Å². The summed E-state index contributed by atoms with van der Waals surface area (Å²) in [6.07, 6.45) is 1.78. The first-order valence-electron chi connectivity index (χ1n) is 10.3. The number of rotatable bonds is 10. The van der Waals surface area contributed by atoms with E-state index < -0.39 is 6.10 Å². The van der Waals surface area contributed by atoms with Gasteiger partial charge < -0.3 is 20.1 Å². The summed E-state index contributed by atoms with van der Waals surface area (Å²) in [6.45, 7) is 13.5. The predicted octanol–water partition coefficient (Wildman–Crippen LogP) is 2.22. The maximum absolute atomic E-state index is 11.8. The van der Waals surface area contributed by atoms with Crippen molar-refractivity contribution in [1.29, 1.82) is 0 Å². The molecule has 0 aromatic carbocycles. The average molecular weight is 393 g/mol. The van der Waals surface area contributed by atoms with Crippen LogP contribution in [-0.4, -0.2) is 72.9 Å². The normalized spacial score (nSPS) is 16.6. The van der Waals surface area contributed by atoms with E-state index >= 15 is 0 Å². The van der Waals surface area contributed by atoms with Gasteiger partial charge in [-0.2, -0.15) is 0 Å². The molecule has 1 saturated heterocycles. The lowest BCUT2D eigenvalue weighted by Crippen LogP contribution is -2.49. The van der Waals surface area contributed by atoms with Crippen LogP contribution in [-0.2, 0) is 9.53 Å². The number of β-amino-alcohol motifs (C(OH)–C–C–N with tert-alkyl or cyclic N) is 1. The van der Waals surface area contributed by atoms with Gasteiger partial charge in [0.15, 0.2) is 0 Å². The van der Waals surface area contributed by atoms with E-state index in [2.05, 4.69) is 33.9 Å². The van der Waals surface area contributed by atoms with Gasteiger partial charge in [-0.05, 0) is 24.0 Å². The van der Waals surface area contributed by atoms with Gasteiger partial charge >= 0.3 is 0 Å². The van der Waals surface area contributed by atoms with Crippen molar-refractivity contribution in [3.05, 3.63) is 18.3 Å². The van der Waals surface area contributed by atoms with Crippen molar-refractivity contribution in [1.82, 2.24) is 9.88 Å². The molecule has 0 radical (unpaired) electrons. The second-order valence-corrected chi connectivity index (χ2v) is 8.42. The average Bonchev–Trinajstić information content (AvgIpc) is 2.62. The molecule has 1 aliphatic rings. The van der Waals surface area contributed by atoms with E-state index in [0.29, 0.717) is 38.0 Å². The molecule has 0 bridgehead atoms. The van der Waals surface area contributed by atoms with Gasteiger partial charge in [0.2, 0.25) is 5.91 Å². The Morgan fingerprint density at radius 2 is 1.86 bits per heavy atom. The zero-order chi connectivity index (χ0) is 20.5. The first-order valence-corrected chi connectivity index (χ1v) is 10.3. The van der Waals surface area contributed by atoms with E-state index in [-0.39, 0.29) is 5.91 Å². The van der Waals surface area contributed by atoms with Crippen LogP contribution in [0.1, 0.15) is 34.1 Å². The van der Waals surface area contributed by atoms with Gasteiger partial charge in [-0.1, -0.05) is 27.7 Å². The van der Waals surface area contributed by atoms with Crippen LogP contribution in [0.2, 0.25) is 0 Å². The summed E-state index contributed by atoms with van der Waals surface area (Å²) >= 11 is 0. The fourth-order valence-corrected chi connectivity index (χ4v) is 3.18. The smallest absolute Gasteiger partial charge is 0.224 e. The third kappa shape index (κ3) is 8.12. The molecule has 2 rings (SSSR count). The SMILES string of the molecule is CC(C)COC[C@H](O)CN1CCN(c2ccc(NC(=O)CC(C)C)cn2)CC1. The number of amides is 1. The van der Waals surface area contributed by atoms with Crippen LogP contribution in [0.3, 0.4) is 0 Å². The molecular weight excluding hydrogens is 356 g/mol. The van der Waals surface area contributed by atoms with Gasteiger partial charge in [-0.3, -0.25) is 9.69 Å². The number of anilines is 2. The summed E-state index contributed by atoms with van der Waals surface area (Å²) in [4.78, 5) is 20.8. The molecule has 2 heterocycles. The van der Waals surface area contributed by atoms with Gasteiger partial charge in [0.1, 0.15) is 5.82 Å². The molecule has 7 nitrogen and oxygen atoms in total. The lowest BCUT2D eigenvalue weighted by molar-refractivity contribution is -0.116. The maximum Gasteiger partial charge on any atom is 0.224 e. The highest BCUT2D eigenvalue weighted by molar-refractivity contribution is 5.90. The Kier molecular flexibility index (Phi) is 9.15. The van der Waals surface area contributed by atoms with Crippen molar-refractivity contribution in [2.75, 3.05) is 56.2 Å². The van der Waals surface area contributed by atoms with Crippen LogP contribution in [0.15, 0.2) is 18.3 Å². The van der Waals surface area contributed by atoms with E-state index in [1.165, 1.54) is 0 Å². The van der Waals surface area contributed by atoms with Gasteiger partial charge in [0.25, 0.3) is 0 Å². The standard InChI is InChI=1S/C21H36N4O3/c1-16(2)11-21(27)23-18-5-6-20(22-12-18)25-9-7-24(8-10-25)13-19(26)15-28-14-17(3)4/h5-6,12,16-17,19,26H,7-11,13-15H2,1-4H3,(H,23,27)/t19-/m1/s1. The summed E-state index contributed by atoms with van der Waals surface area (Å²) in [5.41, 5.74) is 0.734. The molecule has 2 N–H and O–H groups in total. The highest BCUT2D eigenvalue weighted by Crippen LogP contribution is 2.17. The van der Waals surface area contributed by atoms with Crippen LogP contribution in [0.5, 0.6) is 0 Å². The third-order valence-corrected chi connectivity index (χ3v) is 4.55. The summed E-state index contributed by atoms with van der Waals surface area (Å²) < 4.78 is 5.52. The second kappa shape index (κ2) is 11.3. The molecule has 158 valence electrons. The fraction of sp³-hybridized carbons (Fsp3) is 0.714. The quantitative estimate of drug-likeness (QED) is 0.636. The second-order valence-electron chi connectivity index (χ2n) is 8.42. The van der Waals surface area contributed by atoms with Crippen molar-refractivity contribution in [2.45, 2.75) is 40.2 Å². The molecule has 1 amide bonds. The highest BCUT2D eigenvalue weighted by atomic mass is 16.5. The van der Waals surface area contributed by atoms with Crippen LogP contribution in [0.25, 0.3) is 0 Å². The lowest BCUT2D eigenvalue weighted by atomic mass is 10.1. The lowest BCUT2D eigenvalue weighted by Gasteiger charge is -2.36. The van der Waals surface area contributed by atoms with Crippen molar-refractivity contribution < 1.29 is 14.6 Å². The number of carbonyl (C=O) groups is 1. The molecule has 28 heavy (non-hydrogen) atoms. The van der Waals surface area contributed by atoms with Gasteiger partial charge in [-0.25, -0.2) is 4.98 Å². The molecule has 0 saturated carbocycles. The molecule has 0 unspecified atom stereocenters. The number of piperazine rings is 1. The minimum Gasteiger partial charge on any atom is -0.389 e. The van der Waals surface area contributed by atoms with Crippen molar-refractivity contribution >= 4 is 17.4 Å². The topological polar surface area (TPSA) is 77.9 Å². The van der Waals surface area contributed by atoms with E-state index in [1.54, 1.807) is 6.20 Å². The summed E-state index contributed by atoms with van der Waals surface area (Å²) in [6, 6.07) is 3.86. The molecule has 1 aliphatic heterocycles. The number of aliphatic hydroxyl groups is 1. The summed E-state index contributed by atoms with van der Waals surface area (Å²) in [5, 5.41) is 13.0. The molecular formula is C21H36N4O3. The number of hydrogen-bond donors (Lipinski definition) is 2. The minimum absolute atomic E-state index is 0.0223. The Labute approximate surface area is 169 Å². The van der Waals surface area contributed by atoms with Crippen molar-refractivity contribution in [3.63, 3.8) is 0 Å². The Morgan fingerprint density at radius 3 is 2.43 bits per heavy atom. The summed E-state index contributed by atoms with van der Waals surface area (Å²) in [7, 11) is 0. The van der Waals surface area contributed by atoms with E-state index in [4.69, 9.17) is 4.74 Å². The zero-order valence-corrected chi connectivity index (χ0v) is 17.7. The van der Waals surface area contributed by atoms with Crippen LogP contribution >= 0.6 is 0 Å². The largest absolute Gasteiger partial charge is 0.389 e. The summed E-state index contributed by atoms with van der Waals surface area (Å²) in [5.74, 6) is 1.76. The third-order valence-electron chi connectivity index (χ3n) is 4.55. The Morgan fingerprint density at radius 1 is 1.14 bits per heavy atom. The molecule has 1 aromatic heterocycles. The van der Waals surface area contributed by atoms with E-state index in [0.717, 1.165) is 37.7 Å². The number of nitrogens with one attached hydrogen (secondary N) is 1. The van der Waals surface area contributed by atoms with Crippen LogP contribution in [0, 0.1) is 11.8 Å². The van der Waals surface area contributed by atoms with Crippen molar-refractivity contribution in [3.8, 4) is 0 Å². The molecule has 0 aliphatic carbocycles. The van der Waals surface area contributed by atoms with Crippen molar-refractivity contribution in [2.24, 2.45) is 11.8 Å². The van der Waals surface area contributed by atoms with E-state index in [1.807, 2.05) is 26.0 Å². The fourth-order valence-electron chi connectivity index (χ4n) is 3.18. The highest BCUT2D eigenvalue weighted by Gasteiger charge is 2.20. The number of nitrogens with zero attached hydrogens (tertiary/aromatic N) is 3. The van der Waals surface area contributed by atoms with E-state index in [9.17, 15) is 9.90 Å². The molecule has 1 fully saturated rings. The number of carbonyl (C=O) groups excluding carboxylic acids is 1. The Balaban J connectivity index is 1.73. The molecule has 1 atom stereocenters. The number of hydrogen-bond acceptors (Lipinski definition) is 6. The Hall–Kier alpha value is -1.70. The molecule has 7 heteroatoms. The molecule has 0 spiro atoms. The monoisotopic (exact) mass is 392 g/mol. The molecule has 1 aromatic rings. The number of ether oxygens (including phenoxy) is 1. The maximum atomic E-state index is 11.8. The van der Waals surface area contributed by atoms with Gasteiger partial charge in [0.05, 0.1) is 24.6 Å². The number of pyridine rings is 1. The van der Waals surface area contributed by atoms with Crippen LogP contribution in [0.4, 0.5) is 11.5 Å². The first-order chi connectivity index (χ1) is 13.3. The number of aromatic nitrogens is 1. The van der Waals surface area contributed by atoms with Gasteiger partial charge in [-0.15, -0.1) is 0 Å². The minimum atomic E-state index is -0.447. The zero-order valence-electron chi connectivity index (χ0n) is 17.7.